The fourth-order valence-electron chi connectivity index (χ4n) is 3.66. The van der Waals surface area contributed by atoms with Crippen molar-refractivity contribution in [1.82, 2.24) is 4.72 Å². The van der Waals surface area contributed by atoms with Crippen LogP contribution in [-0.4, -0.2) is 41.2 Å². The van der Waals surface area contributed by atoms with Gasteiger partial charge >= 0.3 is 0 Å². The molecule has 3 rings (SSSR count). The van der Waals surface area contributed by atoms with Crippen LogP contribution < -0.4 is 23.8 Å². The van der Waals surface area contributed by atoms with E-state index in [0.717, 1.165) is 12.0 Å². The second-order valence-corrected chi connectivity index (χ2v) is 9.11. The van der Waals surface area contributed by atoms with Crippen LogP contribution in [0.4, 0.5) is 5.69 Å². The lowest BCUT2D eigenvalue weighted by Crippen LogP contribution is -2.28. The number of rotatable bonds is 10. The summed E-state index contributed by atoms with van der Waals surface area (Å²) in [7, 11) is -2.37. The number of hydrogen-bond acceptors (Lipinski definition) is 6. The summed E-state index contributed by atoms with van der Waals surface area (Å²) >= 11 is 0. The van der Waals surface area contributed by atoms with Gasteiger partial charge in [-0.25, -0.2) is 13.1 Å². The molecule has 0 radical (unpaired) electrons. The molecular formula is C23H30N2O6S. The minimum Gasteiger partial charge on any atom is -0.495 e. The van der Waals surface area contributed by atoms with E-state index in [2.05, 4.69) is 4.72 Å². The highest BCUT2D eigenvalue weighted by atomic mass is 32.2. The summed E-state index contributed by atoms with van der Waals surface area (Å²) in [5.41, 5.74) is 1.20. The molecule has 1 amide bonds. The van der Waals surface area contributed by atoms with Gasteiger partial charge in [0.25, 0.3) is 0 Å². The number of ether oxygens (including phenoxy) is 3. The predicted molar refractivity (Wildman–Crippen MR) is 122 cm³/mol. The van der Waals surface area contributed by atoms with E-state index < -0.39 is 16.1 Å². The lowest BCUT2D eigenvalue weighted by Gasteiger charge is -2.21. The highest BCUT2D eigenvalue weighted by Crippen LogP contribution is 2.35. The molecule has 0 unspecified atom stereocenters. The van der Waals surface area contributed by atoms with Crippen LogP contribution in [0.25, 0.3) is 0 Å². The zero-order chi connectivity index (χ0) is 23.3. The van der Waals surface area contributed by atoms with Gasteiger partial charge in [0.1, 0.15) is 5.75 Å². The van der Waals surface area contributed by atoms with Crippen molar-refractivity contribution in [2.75, 3.05) is 31.8 Å². The van der Waals surface area contributed by atoms with E-state index in [4.69, 9.17) is 14.2 Å². The Morgan fingerprint density at radius 3 is 2.34 bits per heavy atom. The fourth-order valence-corrected chi connectivity index (χ4v) is 4.91. The molecule has 174 valence electrons. The van der Waals surface area contributed by atoms with Crippen molar-refractivity contribution in [1.29, 1.82) is 0 Å². The molecule has 2 aromatic rings. The molecule has 1 heterocycles. The van der Waals surface area contributed by atoms with Gasteiger partial charge in [-0.1, -0.05) is 6.07 Å². The summed E-state index contributed by atoms with van der Waals surface area (Å²) in [5, 5.41) is 0. The smallest absolute Gasteiger partial charge is 0.241 e. The molecule has 1 atom stereocenters. The number of anilines is 1. The zero-order valence-corrected chi connectivity index (χ0v) is 19.7. The molecule has 9 heteroatoms. The number of carbonyl (C=O) groups excluding carboxylic acids is 1. The van der Waals surface area contributed by atoms with Crippen LogP contribution in [-0.2, 0) is 14.8 Å². The molecular weight excluding hydrogens is 432 g/mol. The topological polar surface area (TPSA) is 94.2 Å². The third kappa shape index (κ3) is 5.16. The Morgan fingerprint density at radius 1 is 1.03 bits per heavy atom. The molecule has 1 aliphatic heterocycles. The van der Waals surface area contributed by atoms with Crippen LogP contribution in [0.1, 0.15) is 45.2 Å². The summed E-state index contributed by atoms with van der Waals surface area (Å²) in [6.07, 6.45) is 1.17. The molecule has 0 aliphatic carbocycles. The lowest BCUT2D eigenvalue weighted by molar-refractivity contribution is -0.117. The summed E-state index contributed by atoms with van der Waals surface area (Å²) in [6, 6.07) is 9.38. The van der Waals surface area contributed by atoms with Gasteiger partial charge in [-0.05, 0) is 63.1 Å². The van der Waals surface area contributed by atoms with Gasteiger partial charge < -0.3 is 19.1 Å². The lowest BCUT2D eigenvalue weighted by atomic mass is 10.1. The van der Waals surface area contributed by atoms with Crippen molar-refractivity contribution in [3.63, 3.8) is 0 Å². The van der Waals surface area contributed by atoms with Crippen LogP contribution in [0.3, 0.4) is 0 Å². The molecule has 0 aromatic heterocycles. The van der Waals surface area contributed by atoms with Gasteiger partial charge in [-0.15, -0.1) is 0 Å². The van der Waals surface area contributed by atoms with E-state index in [1.54, 1.807) is 30.0 Å². The standard InChI is InChI=1S/C23H30N2O6S/c1-5-30-21-11-9-17(14-22(21)31-6-2)16(3)24-32(27,28)18-10-12-20(29-4)19(15-18)25-13-7-8-23(25)26/h9-12,14-16,24H,5-8,13H2,1-4H3/t16-/m1/s1. The Morgan fingerprint density at radius 2 is 1.72 bits per heavy atom. The van der Waals surface area contributed by atoms with Gasteiger partial charge in [0, 0.05) is 19.0 Å². The second-order valence-electron chi connectivity index (χ2n) is 7.40. The number of sulfonamides is 1. The number of amides is 1. The number of carbonyl (C=O) groups is 1. The molecule has 0 saturated carbocycles. The highest BCUT2D eigenvalue weighted by Gasteiger charge is 2.27. The number of nitrogens with one attached hydrogen (secondary N) is 1. The van der Waals surface area contributed by atoms with E-state index in [9.17, 15) is 13.2 Å². The maximum atomic E-state index is 13.1. The van der Waals surface area contributed by atoms with Gasteiger partial charge in [0.05, 0.1) is 30.9 Å². The maximum absolute atomic E-state index is 13.1. The van der Waals surface area contributed by atoms with Crippen LogP contribution in [0.5, 0.6) is 17.2 Å². The van der Waals surface area contributed by atoms with Gasteiger partial charge in [0.15, 0.2) is 11.5 Å². The molecule has 0 bridgehead atoms. The van der Waals surface area contributed by atoms with Crippen molar-refractivity contribution in [2.24, 2.45) is 0 Å². The van der Waals surface area contributed by atoms with Crippen LogP contribution in [0.15, 0.2) is 41.3 Å². The molecule has 1 saturated heterocycles. The average molecular weight is 463 g/mol. The Hall–Kier alpha value is -2.78. The van der Waals surface area contributed by atoms with E-state index >= 15 is 0 Å². The van der Waals surface area contributed by atoms with Gasteiger partial charge in [0.2, 0.25) is 15.9 Å². The summed E-state index contributed by atoms with van der Waals surface area (Å²) < 4.78 is 45.6. The molecule has 1 aliphatic rings. The Balaban J connectivity index is 1.87. The minimum atomic E-state index is -3.86. The van der Waals surface area contributed by atoms with Gasteiger partial charge in [-0.3, -0.25) is 4.79 Å². The number of hydrogen-bond donors (Lipinski definition) is 1. The summed E-state index contributed by atoms with van der Waals surface area (Å²) in [4.78, 5) is 13.8. The monoisotopic (exact) mass is 462 g/mol. The molecule has 0 spiro atoms. The third-order valence-corrected chi connectivity index (χ3v) is 6.76. The van der Waals surface area contributed by atoms with Crippen molar-refractivity contribution in [3.05, 3.63) is 42.0 Å². The first-order chi connectivity index (χ1) is 15.3. The largest absolute Gasteiger partial charge is 0.495 e. The highest BCUT2D eigenvalue weighted by molar-refractivity contribution is 7.89. The van der Waals surface area contributed by atoms with E-state index in [1.165, 1.54) is 19.2 Å². The third-order valence-electron chi connectivity index (χ3n) is 5.22. The molecule has 2 aromatic carbocycles. The predicted octanol–water partition coefficient (Wildman–Crippen LogP) is 3.66. The zero-order valence-electron chi connectivity index (χ0n) is 18.9. The molecule has 32 heavy (non-hydrogen) atoms. The summed E-state index contributed by atoms with van der Waals surface area (Å²) in [6.45, 7) is 7.03. The first-order valence-corrected chi connectivity index (χ1v) is 12.2. The minimum absolute atomic E-state index is 0.0444. The molecule has 1 N–H and O–H groups in total. The molecule has 8 nitrogen and oxygen atoms in total. The average Bonchev–Trinajstić information content (AvgIpc) is 3.20. The maximum Gasteiger partial charge on any atom is 0.241 e. The number of benzene rings is 2. The van der Waals surface area contributed by atoms with E-state index in [0.29, 0.717) is 49.1 Å². The van der Waals surface area contributed by atoms with Crippen LogP contribution >= 0.6 is 0 Å². The Kier molecular flexibility index (Phi) is 7.63. The normalized spacial score (nSPS) is 15.0. The second kappa shape index (κ2) is 10.2. The van der Waals surface area contributed by atoms with Crippen LogP contribution in [0.2, 0.25) is 0 Å². The number of methoxy groups -OCH3 is 1. The Bertz CT molecular complexity index is 1070. The number of nitrogens with zero attached hydrogens (tertiary/aromatic N) is 1. The quantitative estimate of drug-likeness (QED) is 0.579. The first kappa shape index (κ1) is 23.9. The first-order valence-electron chi connectivity index (χ1n) is 10.7. The summed E-state index contributed by atoms with van der Waals surface area (Å²) in [5.74, 6) is 1.59. The van der Waals surface area contributed by atoms with Crippen LogP contribution in [0, 0.1) is 0 Å². The van der Waals surface area contributed by atoms with E-state index in [1.807, 2.05) is 19.9 Å². The molecule has 1 fully saturated rings. The fraction of sp³-hybridized carbons (Fsp3) is 0.435. The van der Waals surface area contributed by atoms with Crippen molar-refractivity contribution < 1.29 is 27.4 Å². The van der Waals surface area contributed by atoms with E-state index in [-0.39, 0.29) is 10.8 Å². The van der Waals surface area contributed by atoms with Crippen molar-refractivity contribution in [3.8, 4) is 17.2 Å². The SMILES string of the molecule is CCOc1ccc([C@@H](C)NS(=O)(=O)c2ccc(OC)c(N3CCCC3=O)c2)cc1OCC. The van der Waals surface area contributed by atoms with Crippen molar-refractivity contribution in [2.45, 2.75) is 44.6 Å². The van der Waals surface area contributed by atoms with Crippen molar-refractivity contribution >= 4 is 21.6 Å². The van der Waals surface area contributed by atoms with Gasteiger partial charge in [-0.2, -0.15) is 0 Å². The Labute approximate surface area is 189 Å².